The van der Waals surface area contributed by atoms with Crippen LogP contribution in [0.4, 0.5) is 0 Å². The van der Waals surface area contributed by atoms with Crippen molar-refractivity contribution in [3.8, 4) is 0 Å². The third-order valence-electron chi connectivity index (χ3n) is 1.85. The van der Waals surface area contributed by atoms with E-state index in [0.717, 1.165) is 6.42 Å². The van der Waals surface area contributed by atoms with Crippen LogP contribution < -0.4 is 5.32 Å². The van der Waals surface area contributed by atoms with Crippen molar-refractivity contribution in [2.75, 3.05) is 5.75 Å². The van der Waals surface area contributed by atoms with Gasteiger partial charge in [-0.3, -0.25) is 4.79 Å². The van der Waals surface area contributed by atoms with Gasteiger partial charge in [-0.1, -0.05) is 18.7 Å². The van der Waals surface area contributed by atoms with Crippen LogP contribution in [0.5, 0.6) is 0 Å². The van der Waals surface area contributed by atoms with E-state index in [9.17, 15) is 4.79 Å². The molecule has 1 aromatic rings. The number of hydrogen-bond acceptors (Lipinski definition) is 5. The maximum absolute atomic E-state index is 11.4. The number of carbonyl (C=O) groups excluding carboxylic acids is 1. The zero-order valence-corrected chi connectivity index (χ0v) is 9.93. The Morgan fingerprint density at radius 2 is 2.33 bits per heavy atom. The highest BCUT2D eigenvalue weighted by Gasteiger charge is 2.09. The molecule has 1 atom stereocenters. The quantitative estimate of drug-likeness (QED) is 0.773. The molecular formula is C9H15N3O2S. The fourth-order valence-corrected chi connectivity index (χ4v) is 1.50. The van der Waals surface area contributed by atoms with Crippen LogP contribution in [-0.2, 0) is 4.79 Å². The predicted octanol–water partition coefficient (Wildman–Crippen LogP) is 1.38. The molecule has 0 spiro atoms. The van der Waals surface area contributed by atoms with Crippen molar-refractivity contribution in [1.29, 1.82) is 0 Å². The number of aryl methyl sites for hydroxylation is 1. The fraction of sp³-hybridized carbons (Fsp3) is 0.667. The van der Waals surface area contributed by atoms with Gasteiger partial charge >= 0.3 is 0 Å². The van der Waals surface area contributed by atoms with E-state index in [0.29, 0.717) is 16.9 Å². The topological polar surface area (TPSA) is 68.0 Å². The van der Waals surface area contributed by atoms with Crippen LogP contribution in [0.25, 0.3) is 0 Å². The summed E-state index contributed by atoms with van der Waals surface area (Å²) >= 11 is 1.25. The summed E-state index contributed by atoms with van der Waals surface area (Å²) in [4.78, 5) is 11.4. The van der Waals surface area contributed by atoms with Crippen molar-refractivity contribution in [3.05, 3.63) is 5.89 Å². The average Bonchev–Trinajstić information content (AvgIpc) is 2.61. The van der Waals surface area contributed by atoms with Gasteiger partial charge in [0.15, 0.2) is 0 Å². The Morgan fingerprint density at radius 1 is 1.60 bits per heavy atom. The number of nitrogens with zero attached hydrogens (tertiary/aromatic N) is 2. The van der Waals surface area contributed by atoms with E-state index in [1.54, 1.807) is 6.92 Å². The lowest BCUT2D eigenvalue weighted by Crippen LogP contribution is -2.33. The van der Waals surface area contributed by atoms with Gasteiger partial charge in [0.2, 0.25) is 11.8 Å². The van der Waals surface area contributed by atoms with Crippen molar-refractivity contribution in [2.24, 2.45) is 0 Å². The van der Waals surface area contributed by atoms with Crippen molar-refractivity contribution in [1.82, 2.24) is 15.5 Å². The van der Waals surface area contributed by atoms with E-state index in [-0.39, 0.29) is 11.9 Å². The first-order valence-electron chi connectivity index (χ1n) is 4.84. The Labute approximate surface area is 93.0 Å². The highest BCUT2D eigenvalue weighted by atomic mass is 32.2. The van der Waals surface area contributed by atoms with E-state index < -0.39 is 0 Å². The zero-order chi connectivity index (χ0) is 11.3. The maximum atomic E-state index is 11.4. The van der Waals surface area contributed by atoms with Gasteiger partial charge in [0.05, 0.1) is 5.75 Å². The van der Waals surface area contributed by atoms with E-state index in [4.69, 9.17) is 4.42 Å². The Morgan fingerprint density at radius 3 is 2.87 bits per heavy atom. The molecule has 0 aliphatic rings. The number of amides is 1. The molecular weight excluding hydrogens is 214 g/mol. The molecule has 0 bridgehead atoms. The van der Waals surface area contributed by atoms with Crippen molar-refractivity contribution in [3.63, 3.8) is 0 Å². The van der Waals surface area contributed by atoms with Crippen molar-refractivity contribution in [2.45, 2.75) is 38.5 Å². The number of rotatable bonds is 5. The Bertz CT molecular complexity index is 327. The first-order valence-corrected chi connectivity index (χ1v) is 5.82. The SMILES string of the molecule is CCC(C)NC(=O)CSc1nnc(C)o1. The molecule has 84 valence electrons. The van der Waals surface area contributed by atoms with E-state index >= 15 is 0 Å². The van der Waals surface area contributed by atoms with Gasteiger partial charge in [-0.05, 0) is 13.3 Å². The zero-order valence-electron chi connectivity index (χ0n) is 9.11. The van der Waals surface area contributed by atoms with Gasteiger partial charge in [0.25, 0.3) is 5.22 Å². The molecule has 1 rings (SSSR count). The van der Waals surface area contributed by atoms with Crippen LogP contribution in [0.3, 0.4) is 0 Å². The largest absolute Gasteiger partial charge is 0.416 e. The third-order valence-corrected chi connectivity index (χ3v) is 2.67. The normalized spacial score (nSPS) is 12.5. The molecule has 1 heterocycles. The molecule has 15 heavy (non-hydrogen) atoms. The smallest absolute Gasteiger partial charge is 0.277 e. The van der Waals surface area contributed by atoms with Gasteiger partial charge in [0.1, 0.15) is 0 Å². The Balaban J connectivity index is 2.28. The van der Waals surface area contributed by atoms with Gasteiger partial charge in [-0.25, -0.2) is 0 Å². The summed E-state index contributed by atoms with van der Waals surface area (Å²) in [5, 5.41) is 10.7. The summed E-state index contributed by atoms with van der Waals surface area (Å²) < 4.78 is 5.13. The molecule has 1 N–H and O–H groups in total. The molecule has 0 aromatic carbocycles. The number of aromatic nitrogens is 2. The molecule has 1 amide bonds. The maximum Gasteiger partial charge on any atom is 0.277 e. The third kappa shape index (κ3) is 4.33. The molecule has 1 unspecified atom stereocenters. The molecule has 0 saturated carbocycles. The number of carbonyl (C=O) groups is 1. The Kier molecular flexibility index (Phi) is 4.61. The predicted molar refractivity (Wildman–Crippen MR) is 57.7 cm³/mol. The minimum Gasteiger partial charge on any atom is -0.416 e. The molecule has 0 fully saturated rings. The van der Waals surface area contributed by atoms with Crippen molar-refractivity contribution < 1.29 is 9.21 Å². The minimum atomic E-state index is -0.00907. The van der Waals surface area contributed by atoms with Gasteiger partial charge in [-0.15, -0.1) is 10.2 Å². The summed E-state index contributed by atoms with van der Waals surface area (Å²) in [6, 6.07) is 0.211. The minimum absolute atomic E-state index is 0.00907. The summed E-state index contributed by atoms with van der Waals surface area (Å²) in [6.45, 7) is 5.72. The van der Waals surface area contributed by atoms with E-state index in [1.807, 2.05) is 13.8 Å². The lowest BCUT2D eigenvalue weighted by Gasteiger charge is -2.09. The highest BCUT2D eigenvalue weighted by Crippen LogP contribution is 2.14. The van der Waals surface area contributed by atoms with Gasteiger partial charge < -0.3 is 9.73 Å². The molecule has 6 heteroatoms. The molecule has 0 aliphatic heterocycles. The lowest BCUT2D eigenvalue weighted by atomic mass is 10.3. The number of hydrogen-bond donors (Lipinski definition) is 1. The second kappa shape index (κ2) is 5.75. The number of thioether (sulfide) groups is 1. The van der Waals surface area contributed by atoms with Gasteiger partial charge in [-0.2, -0.15) is 0 Å². The van der Waals surface area contributed by atoms with E-state index in [1.165, 1.54) is 11.8 Å². The average molecular weight is 229 g/mol. The van der Waals surface area contributed by atoms with Crippen LogP contribution in [0.15, 0.2) is 9.64 Å². The van der Waals surface area contributed by atoms with Crippen LogP contribution in [0, 0.1) is 6.92 Å². The summed E-state index contributed by atoms with van der Waals surface area (Å²) in [5.74, 6) is 0.816. The first kappa shape index (κ1) is 12.0. The van der Waals surface area contributed by atoms with Crippen LogP contribution in [0.2, 0.25) is 0 Å². The van der Waals surface area contributed by atoms with Crippen LogP contribution >= 0.6 is 11.8 Å². The molecule has 5 nitrogen and oxygen atoms in total. The summed E-state index contributed by atoms with van der Waals surface area (Å²) in [6.07, 6.45) is 0.927. The van der Waals surface area contributed by atoms with Crippen molar-refractivity contribution >= 4 is 17.7 Å². The second-order valence-electron chi connectivity index (χ2n) is 3.25. The molecule has 0 aliphatic carbocycles. The summed E-state index contributed by atoms with van der Waals surface area (Å²) in [5.41, 5.74) is 0. The fourth-order valence-electron chi connectivity index (χ4n) is 0.883. The second-order valence-corrected chi connectivity index (χ2v) is 4.18. The van der Waals surface area contributed by atoms with Crippen LogP contribution in [0.1, 0.15) is 26.2 Å². The standard InChI is InChI=1S/C9H15N3O2S/c1-4-6(2)10-8(13)5-15-9-12-11-7(3)14-9/h6H,4-5H2,1-3H3,(H,10,13). The van der Waals surface area contributed by atoms with E-state index in [2.05, 4.69) is 15.5 Å². The summed E-state index contributed by atoms with van der Waals surface area (Å²) in [7, 11) is 0. The molecule has 0 saturated heterocycles. The molecule has 1 aromatic heterocycles. The Hall–Kier alpha value is -1.04. The van der Waals surface area contributed by atoms with Crippen LogP contribution in [-0.4, -0.2) is 27.9 Å². The first-order chi connectivity index (χ1) is 7.11. The monoisotopic (exact) mass is 229 g/mol. The van der Waals surface area contributed by atoms with Gasteiger partial charge in [0, 0.05) is 13.0 Å². The lowest BCUT2D eigenvalue weighted by molar-refractivity contribution is -0.119. The molecule has 0 radical (unpaired) electrons. The number of nitrogens with one attached hydrogen (secondary N) is 1. The highest BCUT2D eigenvalue weighted by molar-refractivity contribution is 7.99.